The molecule has 170 valence electrons. The number of imidazole rings is 1. The Bertz CT molecular complexity index is 1210. The van der Waals surface area contributed by atoms with Crippen molar-refractivity contribution in [3.63, 3.8) is 0 Å². The third-order valence-corrected chi connectivity index (χ3v) is 5.31. The largest absolute Gasteiger partial charge is 0.461 e. The predicted octanol–water partition coefficient (Wildman–Crippen LogP) is 2.24. The number of benzene rings is 1. The lowest BCUT2D eigenvalue weighted by Crippen LogP contribution is -2.52. The fraction of sp³-hybridized carbons (Fsp3) is 0.400. The first-order chi connectivity index (χ1) is 15.2. The number of aromatic nitrogens is 4. The second kappa shape index (κ2) is 8.26. The second-order valence-electron chi connectivity index (χ2n) is 7.39. The molecule has 1 aromatic carbocycles. The maximum absolute atomic E-state index is 13.0. The topological polar surface area (TPSA) is 91.5 Å². The van der Waals surface area contributed by atoms with E-state index in [4.69, 9.17) is 9.47 Å². The van der Waals surface area contributed by atoms with Crippen molar-refractivity contribution in [1.82, 2.24) is 24.0 Å². The maximum atomic E-state index is 13.0. The molecule has 2 aromatic heterocycles. The monoisotopic (exact) mass is 451 g/mol. The minimum absolute atomic E-state index is 0.0447. The number of aryl methyl sites for hydroxylation is 1. The Morgan fingerprint density at radius 1 is 1.25 bits per heavy atom. The number of hydrogen-bond donors (Lipinski definition) is 0. The van der Waals surface area contributed by atoms with Crippen molar-refractivity contribution >= 4 is 17.2 Å². The van der Waals surface area contributed by atoms with Crippen LogP contribution in [0.15, 0.2) is 35.3 Å². The average molecular weight is 451 g/mol. The summed E-state index contributed by atoms with van der Waals surface area (Å²) in [5.41, 5.74) is -0.401. The molecule has 12 heteroatoms. The van der Waals surface area contributed by atoms with Crippen LogP contribution in [0, 0.1) is 0 Å². The third kappa shape index (κ3) is 3.93. The molecule has 1 saturated heterocycles. The Balaban J connectivity index is 1.53. The number of halogens is 3. The van der Waals surface area contributed by atoms with E-state index in [1.807, 2.05) is 0 Å². The van der Waals surface area contributed by atoms with Gasteiger partial charge in [0.25, 0.3) is 0 Å². The molecule has 3 aromatic rings. The number of fused-ring (bicyclic) bond motifs is 1. The van der Waals surface area contributed by atoms with Crippen molar-refractivity contribution in [1.29, 1.82) is 0 Å². The maximum Gasteiger partial charge on any atom is 0.416 e. The van der Waals surface area contributed by atoms with E-state index in [9.17, 15) is 22.8 Å². The highest BCUT2D eigenvalue weighted by Crippen LogP contribution is 2.34. The summed E-state index contributed by atoms with van der Waals surface area (Å²) in [4.78, 5) is 35.3. The van der Waals surface area contributed by atoms with Gasteiger partial charge in [0.2, 0.25) is 0 Å². The molecule has 1 fully saturated rings. The standard InChI is InChI=1S/C20H20F3N5O4/c1-26-16-15(9-24-17(25-16)32-7-6-31-2)28(18(26)29)19(30)27-10-13(11-27)12-4-3-5-14(8-12)20(21,22)23/h3-5,8-9,13H,6-7,10-11H2,1-2H3. The molecule has 1 amide bonds. The Kier molecular flexibility index (Phi) is 5.63. The summed E-state index contributed by atoms with van der Waals surface area (Å²) >= 11 is 0. The van der Waals surface area contributed by atoms with Crippen LogP contribution in [-0.2, 0) is 18.0 Å². The average Bonchev–Trinajstić information content (AvgIpc) is 2.97. The van der Waals surface area contributed by atoms with Crippen LogP contribution in [-0.4, -0.2) is 63.4 Å². The molecule has 0 atom stereocenters. The minimum atomic E-state index is -4.43. The van der Waals surface area contributed by atoms with Gasteiger partial charge in [-0.2, -0.15) is 18.2 Å². The zero-order chi connectivity index (χ0) is 23.0. The van der Waals surface area contributed by atoms with E-state index in [1.54, 1.807) is 6.07 Å². The van der Waals surface area contributed by atoms with Crippen LogP contribution < -0.4 is 10.4 Å². The number of rotatable bonds is 5. The zero-order valence-electron chi connectivity index (χ0n) is 17.3. The van der Waals surface area contributed by atoms with E-state index in [0.717, 1.165) is 16.7 Å². The second-order valence-corrected chi connectivity index (χ2v) is 7.39. The quantitative estimate of drug-likeness (QED) is 0.553. The number of ether oxygens (including phenoxy) is 2. The molecule has 0 radical (unpaired) electrons. The molecule has 0 bridgehead atoms. The number of likely N-dealkylation sites (tertiary alicyclic amines) is 1. The Hall–Kier alpha value is -3.41. The van der Waals surface area contributed by atoms with E-state index in [0.29, 0.717) is 12.2 Å². The smallest absolute Gasteiger partial charge is 0.416 e. The van der Waals surface area contributed by atoms with Crippen LogP contribution in [0.4, 0.5) is 18.0 Å². The molecular formula is C20H20F3N5O4. The van der Waals surface area contributed by atoms with Crippen molar-refractivity contribution in [3.8, 4) is 6.01 Å². The summed E-state index contributed by atoms with van der Waals surface area (Å²) < 4.78 is 51.3. The lowest BCUT2D eigenvalue weighted by molar-refractivity contribution is -0.137. The fourth-order valence-corrected chi connectivity index (χ4v) is 3.53. The summed E-state index contributed by atoms with van der Waals surface area (Å²) in [7, 11) is 3.00. The van der Waals surface area contributed by atoms with Crippen LogP contribution in [0.3, 0.4) is 0 Å². The van der Waals surface area contributed by atoms with E-state index >= 15 is 0 Å². The molecule has 1 aliphatic heterocycles. The molecule has 0 spiro atoms. The summed E-state index contributed by atoms with van der Waals surface area (Å²) in [6, 6.07) is 4.51. The summed E-state index contributed by atoms with van der Waals surface area (Å²) in [6.07, 6.45) is -3.11. The van der Waals surface area contributed by atoms with Crippen LogP contribution in [0.25, 0.3) is 11.2 Å². The van der Waals surface area contributed by atoms with E-state index in [-0.39, 0.29) is 42.8 Å². The van der Waals surface area contributed by atoms with Gasteiger partial charge in [0.05, 0.1) is 18.4 Å². The van der Waals surface area contributed by atoms with Gasteiger partial charge in [-0.3, -0.25) is 4.57 Å². The molecule has 0 saturated carbocycles. The molecular weight excluding hydrogens is 431 g/mol. The van der Waals surface area contributed by atoms with Crippen LogP contribution in [0.2, 0.25) is 0 Å². The van der Waals surface area contributed by atoms with Gasteiger partial charge in [-0.25, -0.2) is 19.1 Å². The molecule has 1 aliphatic rings. The molecule has 0 aliphatic carbocycles. The lowest BCUT2D eigenvalue weighted by Gasteiger charge is -2.39. The van der Waals surface area contributed by atoms with Gasteiger partial charge in [-0.1, -0.05) is 18.2 Å². The van der Waals surface area contributed by atoms with Crippen molar-refractivity contribution in [2.24, 2.45) is 7.05 Å². The Morgan fingerprint density at radius 3 is 2.69 bits per heavy atom. The van der Waals surface area contributed by atoms with Gasteiger partial charge in [-0.05, 0) is 11.6 Å². The van der Waals surface area contributed by atoms with E-state index < -0.39 is 23.5 Å². The molecule has 3 heterocycles. The molecule has 32 heavy (non-hydrogen) atoms. The van der Waals surface area contributed by atoms with Crippen molar-refractivity contribution in [2.75, 3.05) is 33.4 Å². The number of carbonyl (C=O) groups excluding carboxylic acids is 1. The number of amides is 1. The van der Waals surface area contributed by atoms with E-state index in [2.05, 4.69) is 9.97 Å². The number of carbonyl (C=O) groups is 1. The zero-order valence-corrected chi connectivity index (χ0v) is 17.3. The highest BCUT2D eigenvalue weighted by atomic mass is 19.4. The summed E-state index contributed by atoms with van der Waals surface area (Å²) in [5.74, 6) is -0.246. The Morgan fingerprint density at radius 2 is 2.00 bits per heavy atom. The van der Waals surface area contributed by atoms with Gasteiger partial charge < -0.3 is 14.4 Å². The highest BCUT2D eigenvalue weighted by molar-refractivity contribution is 5.88. The summed E-state index contributed by atoms with van der Waals surface area (Å²) in [5, 5.41) is 0. The normalized spacial score (nSPS) is 14.6. The van der Waals surface area contributed by atoms with Crippen LogP contribution in [0.5, 0.6) is 6.01 Å². The first-order valence-electron chi connectivity index (χ1n) is 9.73. The first-order valence-corrected chi connectivity index (χ1v) is 9.73. The van der Waals surface area contributed by atoms with Gasteiger partial charge in [0, 0.05) is 33.2 Å². The highest BCUT2D eigenvalue weighted by Gasteiger charge is 2.36. The molecule has 0 unspecified atom stereocenters. The van der Waals surface area contributed by atoms with Gasteiger partial charge >= 0.3 is 23.9 Å². The van der Waals surface area contributed by atoms with Crippen molar-refractivity contribution in [3.05, 3.63) is 52.1 Å². The van der Waals surface area contributed by atoms with Crippen LogP contribution >= 0.6 is 0 Å². The number of hydrogen-bond acceptors (Lipinski definition) is 6. The SMILES string of the molecule is COCCOc1ncc2c(n1)n(C)c(=O)n2C(=O)N1CC(c2cccc(C(F)(F)F)c2)C1. The summed E-state index contributed by atoms with van der Waals surface area (Å²) in [6.45, 7) is 0.951. The lowest BCUT2D eigenvalue weighted by atomic mass is 9.90. The minimum Gasteiger partial charge on any atom is -0.461 e. The first kappa shape index (κ1) is 21.8. The van der Waals surface area contributed by atoms with Gasteiger partial charge in [0.15, 0.2) is 5.65 Å². The molecule has 0 N–H and O–H groups in total. The van der Waals surface area contributed by atoms with Crippen LogP contribution in [0.1, 0.15) is 17.0 Å². The Labute approximate surface area is 180 Å². The number of alkyl halides is 3. The van der Waals surface area contributed by atoms with E-state index in [1.165, 1.54) is 35.9 Å². The van der Waals surface area contributed by atoms with Crippen molar-refractivity contribution < 1.29 is 27.4 Å². The van der Waals surface area contributed by atoms with Gasteiger partial charge in [0.1, 0.15) is 12.1 Å². The molecule has 4 rings (SSSR count). The predicted molar refractivity (Wildman–Crippen MR) is 107 cm³/mol. The third-order valence-electron chi connectivity index (χ3n) is 5.31. The number of nitrogens with zero attached hydrogens (tertiary/aromatic N) is 5. The molecule has 9 nitrogen and oxygen atoms in total. The van der Waals surface area contributed by atoms with Crippen molar-refractivity contribution in [2.45, 2.75) is 12.1 Å². The number of methoxy groups -OCH3 is 1. The fourth-order valence-electron chi connectivity index (χ4n) is 3.53. The van der Waals surface area contributed by atoms with Gasteiger partial charge in [-0.15, -0.1) is 0 Å².